The van der Waals surface area contributed by atoms with Gasteiger partial charge in [-0.3, -0.25) is 4.79 Å². The van der Waals surface area contributed by atoms with Crippen molar-refractivity contribution in [2.24, 2.45) is 5.41 Å². The molecule has 0 aromatic carbocycles. The van der Waals surface area contributed by atoms with Gasteiger partial charge in [-0.1, -0.05) is 13.8 Å². The number of rotatable bonds is 1. The summed E-state index contributed by atoms with van der Waals surface area (Å²) in [4.78, 5) is 11.4. The Morgan fingerprint density at radius 3 is 2.83 bits per heavy atom. The van der Waals surface area contributed by atoms with E-state index in [1.54, 1.807) is 0 Å². The van der Waals surface area contributed by atoms with Crippen molar-refractivity contribution in [3.63, 3.8) is 0 Å². The van der Waals surface area contributed by atoms with E-state index in [0.717, 1.165) is 0 Å². The predicted octanol–water partition coefficient (Wildman–Crippen LogP) is 0.893. The summed E-state index contributed by atoms with van der Waals surface area (Å²) >= 11 is 0. The molecule has 0 N–H and O–H groups in total. The van der Waals surface area contributed by atoms with E-state index in [1.165, 1.54) is 7.11 Å². The molecule has 0 aromatic rings. The van der Waals surface area contributed by atoms with Crippen LogP contribution in [0.15, 0.2) is 11.8 Å². The highest BCUT2D eigenvalue weighted by atomic mass is 16.6. The third-order valence-corrected chi connectivity index (χ3v) is 2.45. The van der Waals surface area contributed by atoms with Gasteiger partial charge in [0.1, 0.15) is 6.10 Å². The van der Waals surface area contributed by atoms with Crippen molar-refractivity contribution in [3.05, 3.63) is 11.8 Å². The van der Waals surface area contributed by atoms with Crippen molar-refractivity contribution in [1.29, 1.82) is 0 Å². The molecule has 1 aliphatic heterocycles. The first kappa shape index (κ1) is 7.80. The van der Waals surface area contributed by atoms with Crippen molar-refractivity contribution in [3.8, 4) is 0 Å². The summed E-state index contributed by atoms with van der Waals surface area (Å²) in [7, 11) is 1.52. The van der Waals surface area contributed by atoms with Crippen molar-refractivity contribution >= 4 is 5.78 Å². The van der Waals surface area contributed by atoms with E-state index in [9.17, 15) is 4.79 Å². The Bertz CT molecular complexity index is 265. The summed E-state index contributed by atoms with van der Waals surface area (Å²) in [5.41, 5.74) is -0.0656. The molecule has 0 radical (unpaired) electrons. The number of fused-ring (bicyclic) bond motifs is 1. The maximum atomic E-state index is 11.4. The zero-order valence-electron chi connectivity index (χ0n) is 7.46. The van der Waals surface area contributed by atoms with E-state index in [4.69, 9.17) is 9.47 Å². The topological polar surface area (TPSA) is 38.8 Å². The van der Waals surface area contributed by atoms with Gasteiger partial charge < -0.3 is 9.47 Å². The molecule has 66 valence electrons. The molecule has 0 spiro atoms. The van der Waals surface area contributed by atoms with Crippen LogP contribution in [0.4, 0.5) is 0 Å². The van der Waals surface area contributed by atoms with Crippen LogP contribution in [0, 0.1) is 5.41 Å². The van der Waals surface area contributed by atoms with Gasteiger partial charge in [-0.25, -0.2) is 0 Å². The maximum Gasteiger partial charge on any atom is 0.228 e. The zero-order valence-corrected chi connectivity index (χ0v) is 7.46. The number of carbonyl (C=O) groups excluding carboxylic acids is 1. The second-order valence-electron chi connectivity index (χ2n) is 3.88. The number of Topliss-reactive ketones (excluding diaryl/α,β-unsaturated/α-hetero) is 1. The summed E-state index contributed by atoms with van der Waals surface area (Å²) in [6.07, 6.45) is 1.69. The third kappa shape index (κ3) is 0.894. The summed E-state index contributed by atoms with van der Waals surface area (Å²) < 4.78 is 10.2. The monoisotopic (exact) mass is 168 g/mol. The SMILES string of the molecule is COC1=CC(C)(C)[C@H]2O[C@H]2C1=O. The Balaban J connectivity index is 2.34. The van der Waals surface area contributed by atoms with Crippen molar-refractivity contribution < 1.29 is 14.3 Å². The average Bonchev–Trinajstić information content (AvgIpc) is 2.76. The van der Waals surface area contributed by atoms with Crippen molar-refractivity contribution in [2.75, 3.05) is 7.11 Å². The van der Waals surface area contributed by atoms with Gasteiger partial charge in [0.05, 0.1) is 7.11 Å². The highest BCUT2D eigenvalue weighted by molar-refractivity contribution is 6.00. The van der Waals surface area contributed by atoms with E-state index in [1.807, 2.05) is 19.9 Å². The molecule has 12 heavy (non-hydrogen) atoms. The maximum absolute atomic E-state index is 11.4. The Morgan fingerprint density at radius 1 is 1.58 bits per heavy atom. The Morgan fingerprint density at radius 2 is 2.25 bits per heavy atom. The van der Waals surface area contributed by atoms with Crippen LogP contribution in [0.25, 0.3) is 0 Å². The molecule has 3 heteroatoms. The zero-order chi connectivity index (χ0) is 8.93. The summed E-state index contributed by atoms with van der Waals surface area (Å²) in [6, 6.07) is 0. The van der Waals surface area contributed by atoms with Crippen LogP contribution in [0.3, 0.4) is 0 Å². The third-order valence-electron chi connectivity index (χ3n) is 2.45. The molecule has 3 nitrogen and oxygen atoms in total. The first-order valence-corrected chi connectivity index (χ1v) is 4.03. The summed E-state index contributed by atoms with van der Waals surface area (Å²) in [5, 5.41) is 0. The first-order valence-electron chi connectivity index (χ1n) is 4.03. The van der Waals surface area contributed by atoms with E-state index in [-0.39, 0.29) is 23.4 Å². The number of ether oxygens (including phenoxy) is 2. The number of carbonyl (C=O) groups is 1. The lowest BCUT2D eigenvalue weighted by Gasteiger charge is -2.21. The minimum absolute atomic E-state index is 0.0122. The van der Waals surface area contributed by atoms with Crippen LogP contribution in [-0.4, -0.2) is 25.1 Å². The van der Waals surface area contributed by atoms with Crippen LogP contribution in [-0.2, 0) is 14.3 Å². The van der Waals surface area contributed by atoms with Gasteiger partial charge in [0.2, 0.25) is 5.78 Å². The Kier molecular flexibility index (Phi) is 1.37. The second-order valence-corrected chi connectivity index (χ2v) is 3.88. The molecule has 0 unspecified atom stereocenters. The standard InChI is InChI=1S/C9H12O3/c1-9(2)4-5(11-3)6(10)7-8(9)12-7/h4,7-8H,1-3H3/t7-,8-/m0/s1. The Hall–Kier alpha value is -0.830. The molecule has 2 atom stereocenters. The normalized spacial score (nSPS) is 36.9. The van der Waals surface area contributed by atoms with Gasteiger partial charge in [0.15, 0.2) is 11.9 Å². The molecule has 0 saturated carbocycles. The molecule has 1 saturated heterocycles. The number of hydrogen-bond donors (Lipinski definition) is 0. The lowest BCUT2D eigenvalue weighted by molar-refractivity contribution is -0.119. The number of epoxide rings is 1. The second kappa shape index (κ2) is 2.10. The van der Waals surface area contributed by atoms with Crippen molar-refractivity contribution in [2.45, 2.75) is 26.1 Å². The molecule has 0 aromatic heterocycles. The van der Waals surface area contributed by atoms with Gasteiger partial charge in [-0.15, -0.1) is 0 Å². The smallest absolute Gasteiger partial charge is 0.228 e. The molecule has 1 heterocycles. The highest BCUT2D eigenvalue weighted by Gasteiger charge is 2.57. The lowest BCUT2D eigenvalue weighted by Crippen LogP contribution is -2.29. The molecule has 2 rings (SSSR count). The highest BCUT2D eigenvalue weighted by Crippen LogP contribution is 2.45. The molecule has 2 aliphatic rings. The average molecular weight is 168 g/mol. The van der Waals surface area contributed by atoms with Crippen molar-refractivity contribution in [1.82, 2.24) is 0 Å². The quantitative estimate of drug-likeness (QED) is 0.546. The predicted molar refractivity (Wildman–Crippen MR) is 42.5 cm³/mol. The fourth-order valence-electron chi connectivity index (χ4n) is 1.67. The lowest BCUT2D eigenvalue weighted by atomic mass is 9.81. The van der Waals surface area contributed by atoms with Crippen LogP contribution in [0.2, 0.25) is 0 Å². The molecule has 0 amide bonds. The van der Waals surface area contributed by atoms with Crippen LogP contribution in [0.1, 0.15) is 13.8 Å². The van der Waals surface area contributed by atoms with Gasteiger partial charge in [0, 0.05) is 5.41 Å². The van der Waals surface area contributed by atoms with Gasteiger partial charge in [-0.05, 0) is 6.08 Å². The summed E-state index contributed by atoms with van der Waals surface area (Å²) in [6.45, 7) is 4.09. The fourth-order valence-corrected chi connectivity index (χ4v) is 1.67. The Labute approximate surface area is 71.3 Å². The summed E-state index contributed by atoms with van der Waals surface area (Å²) in [5.74, 6) is 0.431. The molecule has 1 aliphatic carbocycles. The molecular weight excluding hydrogens is 156 g/mol. The first-order chi connectivity index (χ1) is 5.56. The van der Waals surface area contributed by atoms with Gasteiger partial charge >= 0.3 is 0 Å². The van der Waals surface area contributed by atoms with Crippen LogP contribution < -0.4 is 0 Å². The molecular formula is C9H12O3. The van der Waals surface area contributed by atoms with E-state index in [2.05, 4.69) is 0 Å². The molecule has 1 fully saturated rings. The largest absolute Gasteiger partial charge is 0.493 e. The number of methoxy groups -OCH3 is 1. The number of ketones is 1. The van der Waals surface area contributed by atoms with E-state index in [0.29, 0.717) is 5.76 Å². The van der Waals surface area contributed by atoms with E-state index >= 15 is 0 Å². The van der Waals surface area contributed by atoms with Gasteiger partial charge in [0.25, 0.3) is 0 Å². The van der Waals surface area contributed by atoms with E-state index < -0.39 is 0 Å². The minimum atomic E-state index is -0.236. The molecule has 0 bridgehead atoms. The number of hydrogen-bond acceptors (Lipinski definition) is 3. The van der Waals surface area contributed by atoms with Crippen LogP contribution in [0.5, 0.6) is 0 Å². The minimum Gasteiger partial charge on any atom is -0.493 e. The fraction of sp³-hybridized carbons (Fsp3) is 0.667. The van der Waals surface area contributed by atoms with Crippen LogP contribution >= 0.6 is 0 Å². The van der Waals surface area contributed by atoms with Gasteiger partial charge in [-0.2, -0.15) is 0 Å².